The smallest absolute Gasteiger partial charge is 0.343 e. The summed E-state index contributed by atoms with van der Waals surface area (Å²) < 4.78 is 11.0. The highest BCUT2D eigenvalue weighted by Crippen LogP contribution is 2.31. The second-order valence-corrected chi connectivity index (χ2v) is 5.44. The maximum atomic E-state index is 12.0. The molecule has 0 amide bonds. The van der Waals surface area contributed by atoms with E-state index in [9.17, 15) is 4.79 Å². The number of halogens is 1. The van der Waals surface area contributed by atoms with Crippen LogP contribution < -0.4 is 10.5 Å². The SMILES string of the molecule is COc1cc(N)cc(Br)c1C(=O)OC(C)(C)C. The van der Waals surface area contributed by atoms with Crippen molar-refractivity contribution in [2.75, 3.05) is 12.8 Å². The number of benzene rings is 1. The molecular weight excluding hydrogens is 286 g/mol. The number of hydrogen-bond acceptors (Lipinski definition) is 4. The average Bonchev–Trinajstić information content (AvgIpc) is 2.12. The summed E-state index contributed by atoms with van der Waals surface area (Å²) in [6.45, 7) is 5.42. The molecule has 0 aliphatic rings. The van der Waals surface area contributed by atoms with Crippen molar-refractivity contribution in [3.63, 3.8) is 0 Å². The number of hydrogen-bond donors (Lipinski definition) is 1. The van der Waals surface area contributed by atoms with Gasteiger partial charge in [-0.25, -0.2) is 4.79 Å². The predicted octanol–water partition coefficient (Wildman–Crippen LogP) is 3.00. The number of carbonyl (C=O) groups is 1. The van der Waals surface area contributed by atoms with Crippen molar-refractivity contribution in [3.05, 3.63) is 22.2 Å². The Morgan fingerprint density at radius 1 is 1.35 bits per heavy atom. The van der Waals surface area contributed by atoms with E-state index in [0.29, 0.717) is 21.5 Å². The van der Waals surface area contributed by atoms with Crippen LogP contribution in [0.4, 0.5) is 5.69 Å². The predicted molar refractivity (Wildman–Crippen MR) is 70.3 cm³/mol. The molecule has 0 aromatic heterocycles. The van der Waals surface area contributed by atoms with E-state index in [1.54, 1.807) is 12.1 Å². The van der Waals surface area contributed by atoms with Gasteiger partial charge in [0.15, 0.2) is 0 Å². The third-order valence-corrected chi connectivity index (χ3v) is 2.52. The number of rotatable bonds is 2. The summed E-state index contributed by atoms with van der Waals surface area (Å²) in [5.74, 6) is -0.0488. The maximum Gasteiger partial charge on any atom is 0.343 e. The maximum absolute atomic E-state index is 12.0. The van der Waals surface area contributed by atoms with Crippen molar-refractivity contribution < 1.29 is 14.3 Å². The van der Waals surface area contributed by atoms with Gasteiger partial charge < -0.3 is 15.2 Å². The minimum absolute atomic E-state index is 0.344. The van der Waals surface area contributed by atoms with Gasteiger partial charge in [-0.05, 0) is 42.8 Å². The Kier molecular flexibility index (Phi) is 4.03. The molecule has 0 unspecified atom stereocenters. The highest BCUT2D eigenvalue weighted by Gasteiger charge is 2.23. The second kappa shape index (κ2) is 4.96. The number of nitrogens with two attached hydrogens (primary N) is 1. The number of anilines is 1. The Hall–Kier alpha value is -1.23. The third kappa shape index (κ3) is 3.63. The van der Waals surface area contributed by atoms with Crippen LogP contribution in [0.2, 0.25) is 0 Å². The fraction of sp³-hybridized carbons (Fsp3) is 0.417. The first-order valence-corrected chi connectivity index (χ1v) is 5.90. The number of esters is 1. The number of carbonyl (C=O) groups excluding carboxylic acids is 1. The van der Waals surface area contributed by atoms with Crippen LogP contribution in [0.25, 0.3) is 0 Å². The molecule has 0 saturated heterocycles. The molecule has 5 heteroatoms. The minimum atomic E-state index is -0.553. The van der Waals surface area contributed by atoms with Crippen molar-refractivity contribution in [2.24, 2.45) is 0 Å². The Morgan fingerprint density at radius 3 is 2.41 bits per heavy atom. The van der Waals surface area contributed by atoms with E-state index in [-0.39, 0.29) is 0 Å². The van der Waals surface area contributed by atoms with Crippen LogP contribution in [0, 0.1) is 0 Å². The second-order valence-electron chi connectivity index (χ2n) is 4.58. The number of ether oxygens (including phenoxy) is 2. The van der Waals surface area contributed by atoms with Gasteiger partial charge in [-0.15, -0.1) is 0 Å². The molecule has 0 spiro atoms. The molecule has 4 nitrogen and oxygen atoms in total. The van der Waals surface area contributed by atoms with Crippen molar-refractivity contribution in [1.82, 2.24) is 0 Å². The van der Waals surface area contributed by atoms with Crippen molar-refractivity contribution in [1.29, 1.82) is 0 Å². The zero-order chi connectivity index (χ0) is 13.2. The Morgan fingerprint density at radius 2 is 1.94 bits per heavy atom. The molecule has 0 aliphatic heterocycles. The summed E-state index contributed by atoms with van der Waals surface area (Å²) in [5, 5.41) is 0. The summed E-state index contributed by atoms with van der Waals surface area (Å²) in [6, 6.07) is 3.23. The van der Waals surface area contributed by atoms with E-state index in [1.807, 2.05) is 20.8 Å². The topological polar surface area (TPSA) is 61.5 Å². The van der Waals surface area contributed by atoms with Gasteiger partial charge in [-0.2, -0.15) is 0 Å². The molecular formula is C12H16BrNO3. The molecule has 2 N–H and O–H groups in total. The van der Waals surface area contributed by atoms with Gasteiger partial charge in [0.1, 0.15) is 16.9 Å². The van der Waals surface area contributed by atoms with Crippen LogP contribution in [-0.2, 0) is 4.74 Å². The van der Waals surface area contributed by atoms with Gasteiger partial charge in [0.05, 0.1) is 7.11 Å². The van der Waals surface area contributed by atoms with Gasteiger partial charge in [-0.3, -0.25) is 0 Å². The summed E-state index contributed by atoms with van der Waals surface area (Å²) in [4.78, 5) is 12.0. The molecule has 0 bridgehead atoms. The Balaban J connectivity index is 3.17. The lowest BCUT2D eigenvalue weighted by Crippen LogP contribution is -2.24. The molecule has 0 radical (unpaired) electrons. The fourth-order valence-electron chi connectivity index (χ4n) is 1.29. The first-order valence-electron chi connectivity index (χ1n) is 5.11. The van der Waals surface area contributed by atoms with Gasteiger partial charge in [0.25, 0.3) is 0 Å². The lowest BCUT2D eigenvalue weighted by atomic mass is 10.1. The van der Waals surface area contributed by atoms with E-state index in [4.69, 9.17) is 15.2 Å². The highest BCUT2D eigenvalue weighted by molar-refractivity contribution is 9.10. The quantitative estimate of drug-likeness (QED) is 0.674. The number of methoxy groups -OCH3 is 1. The van der Waals surface area contributed by atoms with Crippen molar-refractivity contribution >= 4 is 27.6 Å². The van der Waals surface area contributed by atoms with E-state index < -0.39 is 11.6 Å². The minimum Gasteiger partial charge on any atom is -0.496 e. The van der Waals surface area contributed by atoms with Crippen molar-refractivity contribution in [2.45, 2.75) is 26.4 Å². The van der Waals surface area contributed by atoms with Crippen LogP contribution in [0.3, 0.4) is 0 Å². The molecule has 1 aromatic carbocycles. The highest BCUT2D eigenvalue weighted by atomic mass is 79.9. The van der Waals surface area contributed by atoms with Gasteiger partial charge >= 0.3 is 5.97 Å². The monoisotopic (exact) mass is 301 g/mol. The lowest BCUT2D eigenvalue weighted by Gasteiger charge is -2.21. The summed E-state index contributed by atoms with van der Waals surface area (Å²) in [5.41, 5.74) is 5.98. The first-order chi connectivity index (χ1) is 7.74. The zero-order valence-electron chi connectivity index (χ0n) is 10.3. The molecule has 94 valence electrons. The van der Waals surface area contributed by atoms with Crippen LogP contribution >= 0.6 is 15.9 Å². The van der Waals surface area contributed by atoms with E-state index in [2.05, 4.69) is 15.9 Å². The molecule has 1 rings (SSSR count). The van der Waals surface area contributed by atoms with E-state index in [1.165, 1.54) is 7.11 Å². The first kappa shape index (κ1) is 13.8. The Bertz CT molecular complexity index is 438. The average molecular weight is 302 g/mol. The van der Waals surface area contributed by atoms with Gasteiger partial charge in [0.2, 0.25) is 0 Å². The standard InChI is InChI=1S/C12H16BrNO3/c1-12(2,3)17-11(15)10-8(13)5-7(14)6-9(10)16-4/h5-6H,14H2,1-4H3. The molecule has 0 aliphatic carbocycles. The molecule has 1 aromatic rings. The van der Waals surface area contributed by atoms with E-state index in [0.717, 1.165) is 0 Å². The molecule has 0 heterocycles. The molecule has 17 heavy (non-hydrogen) atoms. The van der Waals surface area contributed by atoms with Crippen LogP contribution in [0.15, 0.2) is 16.6 Å². The zero-order valence-corrected chi connectivity index (χ0v) is 11.9. The lowest BCUT2D eigenvalue weighted by molar-refractivity contribution is 0.00655. The summed E-state index contributed by atoms with van der Waals surface area (Å²) >= 11 is 3.29. The summed E-state index contributed by atoms with van der Waals surface area (Å²) in [6.07, 6.45) is 0. The fourth-order valence-corrected chi connectivity index (χ4v) is 1.91. The van der Waals surface area contributed by atoms with Crippen LogP contribution in [0.1, 0.15) is 31.1 Å². The third-order valence-electron chi connectivity index (χ3n) is 1.90. The van der Waals surface area contributed by atoms with Gasteiger partial charge in [-0.1, -0.05) is 0 Å². The van der Waals surface area contributed by atoms with Crippen LogP contribution in [0.5, 0.6) is 5.75 Å². The summed E-state index contributed by atoms with van der Waals surface area (Å²) in [7, 11) is 1.48. The molecule has 0 atom stereocenters. The van der Waals surface area contributed by atoms with Crippen LogP contribution in [-0.4, -0.2) is 18.7 Å². The number of nitrogen functional groups attached to an aromatic ring is 1. The normalized spacial score (nSPS) is 11.1. The largest absolute Gasteiger partial charge is 0.496 e. The van der Waals surface area contributed by atoms with Crippen molar-refractivity contribution in [3.8, 4) is 5.75 Å². The molecule has 0 saturated carbocycles. The van der Waals surface area contributed by atoms with E-state index >= 15 is 0 Å². The Labute approximate surface area is 109 Å². The molecule has 0 fully saturated rings. The van der Waals surface area contributed by atoms with Gasteiger partial charge in [0, 0.05) is 16.2 Å².